The summed E-state index contributed by atoms with van der Waals surface area (Å²) in [5, 5.41) is 0. The maximum absolute atomic E-state index is 10.7. The molecule has 33 heavy (non-hydrogen) atoms. The molecule has 9 heteroatoms. The first kappa shape index (κ1) is 25.2. The van der Waals surface area contributed by atoms with Gasteiger partial charge in [-0.2, -0.15) is 0 Å². The summed E-state index contributed by atoms with van der Waals surface area (Å²) in [7, 11) is -10.7. The minimum Gasteiger partial charge on any atom is -0.0901 e. The van der Waals surface area contributed by atoms with Crippen LogP contribution in [0.4, 0.5) is 25.2 Å². The van der Waals surface area contributed by atoms with Crippen molar-refractivity contribution in [3.05, 3.63) is 109 Å². The fourth-order valence-corrected chi connectivity index (χ4v) is 4.45. The minimum absolute atomic E-state index is 1.24. The first-order valence-corrected chi connectivity index (χ1v) is 13.3. The van der Waals surface area contributed by atoms with Gasteiger partial charge in [-0.3, -0.25) is 0 Å². The van der Waals surface area contributed by atoms with Crippen molar-refractivity contribution < 1.29 is 25.2 Å². The van der Waals surface area contributed by atoms with E-state index < -0.39 is 7.81 Å². The second-order valence-electron chi connectivity index (χ2n) is 6.89. The Labute approximate surface area is 196 Å². The normalized spacial score (nSPS) is 13.3. The SMILES string of the molecule is F[P-](F)(F)(F)(F)F.c1ccc(Sc2ccc([SH+]c3ccc(-c4ccccc4)cc3)cc2)cc1. The first-order chi connectivity index (χ1) is 15.3. The quantitative estimate of drug-likeness (QED) is 0.110. The molecule has 0 aromatic heterocycles. The van der Waals surface area contributed by atoms with E-state index in [9.17, 15) is 25.2 Å². The molecular weight excluding hydrogens is 497 g/mol. The van der Waals surface area contributed by atoms with Crippen molar-refractivity contribution in [2.24, 2.45) is 0 Å². The Morgan fingerprint density at radius 2 is 0.818 bits per heavy atom. The van der Waals surface area contributed by atoms with Gasteiger partial charge in [-0.25, -0.2) is 0 Å². The fourth-order valence-electron chi connectivity index (χ4n) is 2.72. The standard InChI is InChI=1S/C24H18S2.F6P/c1-3-7-19(8-4-1)20-11-13-22(14-12-20)26-24-17-15-23(16-18-24)25-21-9-5-2-6-10-21;1-7(2,3,4,5)6/h1-18H;/q;-1/p+1. The second kappa shape index (κ2) is 9.45. The van der Waals surface area contributed by atoms with Gasteiger partial charge in [-0.05, 0) is 71.8 Å². The van der Waals surface area contributed by atoms with Gasteiger partial charge in [0.25, 0.3) is 0 Å². The Bertz CT molecular complexity index is 1150. The molecule has 0 bridgehead atoms. The molecule has 0 nitrogen and oxygen atoms in total. The van der Waals surface area contributed by atoms with E-state index in [1.807, 2.05) is 0 Å². The molecule has 0 spiro atoms. The summed E-state index contributed by atoms with van der Waals surface area (Å²) in [5.74, 6) is 0. The Morgan fingerprint density at radius 1 is 0.455 bits per heavy atom. The molecule has 4 rings (SSSR count). The molecular formula is C24H19F6PS2. The van der Waals surface area contributed by atoms with E-state index in [0.29, 0.717) is 0 Å². The van der Waals surface area contributed by atoms with E-state index in [0.717, 1.165) is 0 Å². The topological polar surface area (TPSA) is 0 Å². The molecule has 0 atom stereocenters. The molecule has 0 radical (unpaired) electrons. The van der Waals surface area contributed by atoms with Crippen LogP contribution in [0.1, 0.15) is 0 Å². The first-order valence-electron chi connectivity index (χ1n) is 9.58. The zero-order valence-corrected chi connectivity index (χ0v) is 19.6. The second-order valence-corrected chi connectivity index (χ2v) is 11.2. The number of hydrogen-bond acceptors (Lipinski definition) is 1. The fraction of sp³-hybridized carbons (Fsp3) is 0. The summed E-state index contributed by atoms with van der Waals surface area (Å²) in [5.41, 5.74) is 2.53. The largest absolute Gasteiger partial charge is 0.158 e. The number of benzene rings is 4. The van der Waals surface area contributed by atoms with Crippen molar-refractivity contribution in [3.63, 3.8) is 0 Å². The van der Waals surface area contributed by atoms with Crippen molar-refractivity contribution in [1.82, 2.24) is 0 Å². The number of halogens is 6. The van der Waals surface area contributed by atoms with Crippen molar-refractivity contribution >= 4 is 31.3 Å². The third-order valence-corrected chi connectivity index (χ3v) is 6.18. The number of thiol groups is 1. The Morgan fingerprint density at radius 3 is 1.30 bits per heavy atom. The zero-order valence-electron chi connectivity index (χ0n) is 17.0. The number of rotatable bonds is 5. The molecule has 4 aromatic carbocycles. The van der Waals surface area contributed by atoms with Crippen LogP contribution in [0.2, 0.25) is 0 Å². The van der Waals surface area contributed by atoms with Crippen LogP contribution >= 0.6 is 19.6 Å². The molecule has 0 saturated heterocycles. The molecule has 0 heterocycles. The summed E-state index contributed by atoms with van der Waals surface area (Å²) >= 11 is 3.04. The van der Waals surface area contributed by atoms with Crippen LogP contribution in [0.15, 0.2) is 129 Å². The molecule has 0 saturated carbocycles. The van der Waals surface area contributed by atoms with Crippen LogP contribution < -0.4 is 0 Å². The van der Waals surface area contributed by atoms with Crippen molar-refractivity contribution in [3.8, 4) is 11.1 Å². The molecule has 0 aliphatic carbocycles. The van der Waals surface area contributed by atoms with Crippen LogP contribution in [0.3, 0.4) is 0 Å². The summed E-state index contributed by atoms with van der Waals surface area (Å²) in [6, 6.07) is 38.7. The molecule has 0 N–H and O–H groups in total. The van der Waals surface area contributed by atoms with E-state index >= 15 is 0 Å². The zero-order chi connectivity index (χ0) is 24.0. The van der Waals surface area contributed by atoms with E-state index in [4.69, 9.17) is 0 Å². The van der Waals surface area contributed by atoms with Gasteiger partial charge in [-0.1, -0.05) is 60.3 Å². The predicted octanol–water partition coefficient (Wildman–Crippen LogP) is 10.1. The van der Waals surface area contributed by atoms with Crippen LogP contribution in [0.5, 0.6) is 0 Å². The van der Waals surface area contributed by atoms with Gasteiger partial charge in [-0.15, -0.1) is 0 Å². The Kier molecular flexibility index (Phi) is 7.22. The molecule has 0 fully saturated rings. The average Bonchev–Trinajstić information content (AvgIpc) is 2.75. The molecule has 0 amide bonds. The molecule has 0 aliphatic heterocycles. The van der Waals surface area contributed by atoms with E-state index in [1.165, 1.54) is 42.5 Å². The van der Waals surface area contributed by atoms with Gasteiger partial charge in [0.15, 0.2) is 9.79 Å². The summed E-state index contributed by atoms with van der Waals surface area (Å²) in [4.78, 5) is 5.17. The number of hydrogen-bond donors (Lipinski definition) is 0. The summed E-state index contributed by atoms with van der Waals surface area (Å²) < 4.78 is 59.2. The summed E-state index contributed by atoms with van der Waals surface area (Å²) in [6.45, 7) is 0. The van der Waals surface area contributed by atoms with Crippen LogP contribution in [-0.4, -0.2) is 0 Å². The predicted molar refractivity (Wildman–Crippen MR) is 128 cm³/mol. The third kappa shape index (κ3) is 10.8. The maximum atomic E-state index is 9.87. The molecule has 0 aliphatic rings. The smallest absolute Gasteiger partial charge is 0.0901 e. The monoisotopic (exact) mass is 516 g/mol. The summed E-state index contributed by atoms with van der Waals surface area (Å²) in [6.07, 6.45) is 0. The van der Waals surface area contributed by atoms with Crippen molar-refractivity contribution in [2.75, 3.05) is 0 Å². The van der Waals surface area contributed by atoms with Gasteiger partial charge in [0.1, 0.15) is 0 Å². The van der Waals surface area contributed by atoms with Gasteiger partial charge >= 0.3 is 33.0 Å². The van der Waals surface area contributed by atoms with Gasteiger partial charge < -0.3 is 0 Å². The maximum Gasteiger partial charge on any atom is 0.158 e. The minimum atomic E-state index is -10.7. The molecule has 174 valence electrons. The molecule has 0 unspecified atom stereocenters. The van der Waals surface area contributed by atoms with Crippen LogP contribution in [0.25, 0.3) is 11.1 Å². The molecule has 4 aromatic rings. The Balaban J connectivity index is 0.000000383. The van der Waals surface area contributed by atoms with Crippen molar-refractivity contribution in [1.29, 1.82) is 0 Å². The van der Waals surface area contributed by atoms with Gasteiger partial charge in [0, 0.05) is 21.6 Å². The van der Waals surface area contributed by atoms with Gasteiger partial charge in [0.05, 0.1) is 0 Å². The Hall–Kier alpha value is -2.41. The van der Waals surface area contributed by atoms with Crippen LogP contribution in [-0.2, 0) is 11.8 Å². The third-order valence-electron chi connectivity index (χ3n) is 4.05. The average molecular weight is 517 g/mol. The van der Waals surface area contributed by atoms with Crippen LogP contribution in [0, 0.1) is 0 Å². The van der Waals surface area contributed by atoms with E-state index in [-0.39, 0.29) is 0 Å². The van der Waals surface area contributed by atoms with E-state index in [1.54, 1.807) is 11.8 Å². The van der Waals surface area contributed by atoms with Crippen molar-refractivity contribution in [2.45, 2.75) is 19.6 Å². The van der Waals surface area contributed by atoms with Gasteiger partial charge in [0.2, 0.25) is 0 Å². The van der Waals surface area contributed by atoms with E-state index in [2.05, 4.69) is 109 Å².